The third kappa shape index (κ3) is 4.09. The fourth-order valence-corrected chi connectivity index (χ4v) is 4.38. The van der Waals surface area contributed by atoms with Crippen LogP contribution >= 0.6 is 0 Å². The number of carbonyl (C=O) groups excluding carboxylic acids is 4. The van der Waals surface area contributed by atoms with Crippen molar-refractivity contribution in [1.29, 1.82) is 0 Å². The Labute approximate surface area is 213 Å². The van der Waals surface area contributed by atoms with E-state index in [0.29, 0.717) is 0 Å². The monoisotopic (exact) mass is 582 g/mol. The average molecular weight is 582 g/mol. The van der Waals surface area contributed by atoms with Crippen molar-refractivity contribution in [1.82, 2.24) is 0 Å². The zero-order valence-electron chi connectivity index (χ0n) is 19.5. The van der Waals surface area contributed by atoms with E-state index in [2.05, 4.69) is 45.3 Å². The van der Waals surface area contributed by atoms with Crippen molar-refractivity contribution in [3.8, 4) is 0 Å². The molecule has 4 unspecified atom stereocenters. The average Bonchev–Trinajstić information content (AvgIpc) is 2.83. The Morgan fingerprint density at radius 1 is 0.615 bits per heavy atom. The van der Waals surface area contributed by atoms with E-state index in [9.17, 15) is 23.6 Å². The summed E-state index contributed by atoms with van der Waals surface area (Å²) in [7, 11) is 0. The van der Waals surface area contributed by atoms with Gasteiger partial charge < -0.3 is 18.9 Å². The number of halogens is 9. The summed E-state index contributed by atoms with van der Waals surface area (Å²) in [6.07, 6.45) is -4.97. The Hall–Kier alpha value is -3.79. The van der Waals surface area contributed by atoms with Crippen LogP contribution in [0, 0.1) is 0 Å². The topological polar surface area (TPSA) is 105 Å². The maximum atomic E-state index is 16.1. The summed E-state index contributed by atoms with van der Waals surface area (Å²) in [4.78, 5) is 47.5. The zero-order chi connectivity index (χ0) is 29.6. The van der Waals surface area contributed by atoms with Gasteiger partial charge in [-0.3, -0.25) is 4.70 Å². The van der Waals surface area contributed by atoms with Crippen molar-refractivity contribution in [2.75, 3.05) is 6.67 Å². The van der Waals surface area contributed by atoms with Crippen LogP contribution in [0.5, 0.6) is 0 Å². The van der Waals surface area contributed by atoms with Crippen LogP contribution in [0.2, 0.25) is 0 Å². The summed E-state index contributed by atoms with van der Waals surface area (Å²) >= 11 is 0. The van der Waals surface area contributed by atoms with E-state index in [-0.39, 0.29) is 29.0 Å². The summed E-state index contributed by atoms with van der Waals surface area (Å²) < 4.78 is 143. The number of hydrogen-bond donors (Lipinski definition) is 0. The number of carbonyl (C=O) groups is 4. The third-order valence-corrected chi connectivity index (χ3v) is 6.01. The highest BCUT2D eigenvalue weighted by atomic mass is 19.3. The van der Waals surface area contributed by atoms with Gasteiger partial charge in [0.1, 0.15) is 6.67 Å². The van der Waals surface area contributed by atoms with E-state index < -0.39 is 83.8 Å². The van der Waals surface area contributed by atoms with Crippen LogP contribution in [0.15, 0.2) is 50.6 Å². The molecular formula is C22H19F9O8. The molecule has 4 atom stereocenters. The first-order valence-corrected chi connectivity index (χ1v) is 10.1. The SMILES string of the molecule is C=CC(=O)OC1(F)CC2(OC(=O)C=C)CC(CF)(OC(=O)C=C)C(F)(F)C(OC(=O)C=C)(C1(F)F)C2(F)F.F. The first-order chi connectivity index (χ1) is 17.3. The highest BCUT2D eigenvalue weighted by Gasteiger charge is 3.03. The van der Waals surface area contributed by atoms with Gasteiger partial charge in [0, 0.05) is 30.7 Å². The van der Waals surface area contributed by atoms with Crippen LogP contribution < -0.4 is 0 Å². The number of rotatable bonds is 9. The Morgan fingerprint density at radius 2 is 1.03 bits per heavy atom. The van der Waals surface area contributed by atoms with Crippen molar-refractivity contribution in [3.05, 3.63) is 50.6 Å². The second-order valence-corrected chi connectivity index (χ2v) is 8.11. The molecule has 0 amide bonds. The molecule has 2 saturated carbocycles. The molecule has 0 aliphatic heterocycles. The molecule has 17 heteroatoms. The number of esters is 4. The van der Waals surface area contributed by atoms with Gasteiger partial charge in [-0.2, -0.15) is 30.7 Å². The predicted octanol–water partition coefficient (Wildman–Crippen LogP) is 3.62. The lowest BCUT2D eigenvalue weighted by atomic mass is 9.53. The predicted molar refractivity (Wildman–Crippen MR) is 110 cm³/mol. The van der Waals surface area contributed by atoms with Crippen LogP contribution in [0.4, 0.5) is 39.8 Å². The second kappa shape index (κ2) is 10.1. The Kier molecular flexibility index (Phi) is 8.58. The zero-order valence-corrected chi connectivity index (χ0v) is 19.5. The van der Waals surface area contributed by atoms with E-state index in [1.807, 2.05) is 0 Å². The third-order valence-electron chi connectivity index (χ3n) is 6.01. The van der Waals surface area contributed by atoms with Crippen molar-refractivity contribution in [2.45, 2.75) is 53.3 Å². The highest BCUT2D eigenvalue weighted by molar-refractivity contribution is 5.84. The van der Waals surface area contributed by atoms with E-state index >= 15 is 30.7 Å². The molecule has 0 aromatic carbocycles. The molecule has 0 radical (unpaired) electrons. The van der Waals surface area contributed by atoms with Gasteiger partial charge in [-0.05, 0) is 0 Å². The standard InChI is InChI=1S/C22H18F8O8.FH/c1-5-12(31)35-16-9-17(11-23,36-13(32)6-2)21(27,28)19(20(16,25)26,38-15(34)8-4)22(29,30)18(24,10-16)37-14(33)7-3;/h5-8H,1-4,9-11H2;1H. The number of fused-ring (bicyclic) bond motifs is 2. The summed E-state index contributed by atoms with van der Waals surface area (Å²) in [5.74, 6) is -32.6. The lowest BCUT2D eigenvalue weighted by molar-refractivity contribution is -0.502. The Balaban J connectivity index is 0.00000760. The van der Waals surface area contributed by atoms with Gasteiger partial charge in [0.25, 0.3) is 0 Å². The van der Waals surface area contributed by atoms with Crippen molar-refractivity contribution in [3.63, 3.8) is 0 Å². The van der Waals surface area contributed by atoms with Gasteiger partial charge in [-0.15, -0.1) is 0 Å². The molecule has 218 valence electrons. The van der Waals surface area contributed by atoms with Gasteiger partial charge in [0.2, 0.25) is 5.60 Å². The van der Waals surface area contributed by atoms with E-state index in [1.165, 1.54) is 0 Å². The first kappa shape index (κ1) is 33.2. The van der Waals surface area contributed by atoms with Gasteiger partial charge in [-0.1, -0.05) is 26.3 Å². The molecule has 8 nitrogen and oxygen atoms in total. The molecule has 0 spiro atoms. The molecule has 2 bridgehead atoms. The molecule has 39 heavy (non-hydrogen) atoms. The van der Waals surface area contributed by atoms with Gasteiger partial charge in [0.15, 0.2) is 5.60 Å². The van der Waals surface area contributed by atoms with Crippen LogP contribution in [0.1, 0.15) is 12.8 Å². The molecular weight excluding hydrogens is 563 g/mol. The van der Waals surface area contributed by atoms with Crippen LogP contribution in [0.3, 0.4) is 0 Å². The van der Waals surface area contributed by atoms with Crippen molar-refractivity contribution >= 4 is 23.9 Å². The summed E-state index contributed by atoms with van der Waals surface area (Å²) in [5.41, 5.74) is -15.0. The van der Waals surface area contributed by atoms with Crippen molar-refractivity contribution < 1.29 is 78.0 Å². The molecule has 2 fully saturated rings. The highest BCUT2D eigenvalue weighted by Crippen LogP contribution is 2.74. The number of hydrogen-bond acceptors (Lipinski definition) is 8. The summed E-state index contributed by atoms with van der Waals surface area (Å²) in [5, 5.41) is 0. The fourth-order valence-electron chi connectivity index (χ4n) is 4.38. The minimum Gasteiger partial charge on any atom is -0.449 e. The normalized spacial score (nSPS) is 33.1. The molecule has 0 heterocycles. The molecule has 2 aliphatic rings. The maximum absolute atomic E-state index is 16.1. The molecule has 0 N–H and O–H groups in total. The second-order valence-electron chi connectivity index (χ2n) is 8.11. The molecule has 2 rings (SSSR count). The van der Waals surface area contributed by atoms with Crippen molar-refractivity contribution in [2.24, 2.45) is 0 Å². The van der Waals surface area contributed by atoms with E-state index in [0.717, 1.165) is 0 Å². The molecule has 0 saturated heterocycles. The van der Waals surface area contributed by atoms with Gasteiger partial charge in [0.05, 0.1) is 6.42 Å². The summed E-state index contributed by atoms with van der Waals surface area (Å²) in [6, 6.07) is 0. The number of alkyl halides is 8. The lowest BCUT2D eigenvalue weighted by Gasteiger charge is -2.65. The Bertz CT molecular complexity index is 1100. The largest absolute Gasteiger partial charge is 0.449 e. The van der Waals surface area contributed by atoms with Gasteiger partial charge in [-0.25, -0.2) is 23.6 Å². The lowest BCUT2D eigenvalue weighted by Crippen LogP contribution is -2.93. The molecule has 0 aromatic heterocycles. The maximum Gasteiger partial charge on any atom is 0.367 e. The number of ether oxygens (including phenoxy) is 4. The minimum absolute atomic E-state index is 0. The molecule has 0 aromatic rings. The first-order valence-electron chi connectivity index (χ1n) is 10.1. The fraction of sp³-hybridized carbons (Fsp3) is 0.455. The van der Waals surface area contributed by atoms with Crippen LogP contribution in [-0.4, -0.2) is 71.0 Å². The smallest absolute Gasteiger partial charge is 0.367 e. The van der Waals surface area contributed by atoms with E-state index in [4.69, 9.17) is 0 Å². The van der Waals surface area contributed by atoms with Gasteiger partial charge >= 0.3 is 53.1 Å². The minimum atomic E-state index is -6.49. The van der Waals surface area contributed by atoms with Crippen LogP contribution in [0.25, 0.3) is 0 Å². The summed E-state index contributed by atoms with van der Waals surface area (Å²) in [6.45, 7) is 8.40. The quantitative estimate of drug-likeness (QED) is 0.176. The Morgan fingerprint density at radius 3 is 1.46 bits per heavy atom. The van der Waals surface area contributed by atoms with Crippen LogP contribution in [-0.2, 0) is 38.1 Å². The van der Waals surface area contributed by atoms with E-state index in [1.54, 1.807) is 0 Å². The molecule has 2 aliphatic carbocycles.